The largest absolute Gasteiger partial charge is 0.309 e. The van der Waals surface area contributed by atoms with Gasteiger partial charge in [0.2, 0.25) is 0 Å². The number of rotatable bonds is 4. The molecule has 4 heteroatoms. The summed E-state index contributed by atoms with van der Waals surface area (Å²) in [5, 5.41) is 2.54. The fourth-order valence-electron chi connectivity index (χ4n) is 7.64. The maximum atomic E-state index is 4.54. The van der Waals surface area contributed by atoms with Gasteiger partial charge in [0.25, 0.3) is 0 Å². The van der Waals surface area contributed by atoms with Crippen LogP contribution in [0, 0.1) is 12.1 Å². The Morgan fingerprint density at radius 1 is 0.491 bits per heavy atom. The number of fused-ring (bicyclic) bond motifs is 6. The first-order valence-corrected chi connectivity index (χ1v) is 17.7. The third-order valence-electron chi connectivity index (χ3n) is 10.2. The number of benzene rings is 6. The van der Waals surface area contributed by atoms with E-state index in [1.165, 1.54) is 55.3 Å². The predicted molar refractivity (Wildman–Crippen MR) is 214 cm³/mol. The molecule has 0 saturated heterocycles. The summed E-state index contributed by atoms with van der Waals surface area (Å²) in [5.41, 5.74) is 15.4. The molecule has 3 nitrogen and oxygen atoms in total. The van der Waals surface area contributed by atoms with Crippen molar-refractivity contribution in [1.82, 2.24) is 14.5 Å². The molecule has 0 fully saturated rings. The molecule has 0 aliphatic heterocycles. The van der Waals surface area contributed by atoms with Gasteiger partial charge in [-0.15, -0.1) is 71.3 Å². The molecule has 1 aliphatic rings. The van der Waals surface area contributed by atoms with Crippen molar-refractivity contribution in [1.29, 1.82) is 0 Å². The van der Waals surface area contributed by atoms with E-state index in [4.69, 9.17) is 0 Å². The van der Waals surface area contributed by atoms with Gasteiger partial charge < -0.3 is 14.5 Å². The molecule has 0 bridgehead atoms. The van der Waals surface area contributed by atoms with Gasteiger partial charge in [-0.1, -0.05) is 86.6 Å². The molecule has 0 spiro atoms. The Morgan fingerprint density at radius 3 is 1.89 bits per heavy atom. The minimum atomic E-state index is -0.0499. The molecule has 10 rings (SSSR count). The number of hydrogen-bond acceptors (Lipinski definition) is 2. The number of para-hydroxylation sites is 1. The van der Waals surface area contributed by atoms with E-state index in [2.05, 4.69) is 138 Å². The molecule has 6 aromatic carbocycles. The van der Waals surface area contributed by atoms with Crippen LogP contribution in [0.15, 0.2) is 176 Å². The van der Waals surface area contributed by atoms with Gasteiger partial charge in [0.1, 0.15) is 0 Å². The van der Waals surface area contributed by atoms with Crippen molar-refractivity contribution in [3.63, 3.8) is 0 Å². The summed E-state index contributed by atoms with van der Waals surface area (Å²) in [7, 11) is 0. The first-order chi connectivity index (χ1) is 25.6. The standard InChI is InChI=1S/C38H27N2.C11H8N.Ir/c1-38(2)33-16-7-6-15-29(33)30-23-32-31-22-26(25-11-10-12-27(21-25)35-17-8-9-20-39-35)18-19-36(31)40(37(32)24-34(30)38)28-13-4-3-5-14-28;1-2-6-10(7-3-1)11-8-4-5-9-12-11;/h3-11,13-24H,1-2H3;1-6,8-9H;/q2*-1;. The maximum Gasteiger partial charge on any atom is 0.0544 e. The van der Waals surface area contributed by atoms with Crippen LogP contribution in [0.5, 0.6) is 0 Å². The molecule has 53 heavy (non-hydrogen) atoms. The van der Waals surface area contributed by atoms with E-state index >= 15 is 0 Å². The molecule has 3 heterocycles. The normalized spacial score (nSPS) is 12.3. The van der Waals surface area contributed by atoms with E-state index < -0.39 is 0 Å². The van der Waals surface area contributed by atoms with Gasteiger partial charge in [0.05, 0.1) is 11.0 Å². The van der Waals surface area contributed by atoms with Crippen molar-refractivity contribution < 1.29 is 20.1 Å². The Morgan fingerprint density at radius 2 is 1.15 bits per heavy atom. The van der Waals surface area contributed by atoms with E-state index in [0.29, 0.717) is 0 Å². The molecule has 257 valence electrons. The minimum absolute atomic E-state index is 0. The molecule has 3 aromatic heterocycles. The van der Waals surface area contributed by atoms with E-state index in [-0.39, 0.29) is 25.5 Å². The molecule has 0 amide bonds. The summed E-state index contributed by atoms with van der Waals surface area (Å²) in [5.74, 6) is 0. The van der Waals surface area contributed by atoms with E-state index in [0.717, 1.165) is 28.1 Å². The SMILES string of the molecule is CC1(C)c2ccccc2-c2cc3c4cc(-c5cc[c-]c(-c6ccccn6)c5)ccc4n(-c4ccccc4)c3cc21.[Ir].[c-]1ccccc1-c1ccccn1. The van der Waals surface area contributed by atoms with Crippen molar-refractivity contribution in [3.8, 4) is 50.5 Å². The second kappa shape index (κ2) is 14.2. The second-order valence-electron chi connectivity index (χ2n) is 13.7. The first kappa shape index (κ1) is 34.2. The third-order valence-corrected chi connectivity index (χ3v) is 10.2. The number of nitrogens with zero attached hydrogens (tertiary/aromatic N) is 3. The molecule has 1 radical (unpaired) electrons. The Kier molecular flexibility index (Phi) is 9.18. The number of aromatic nitrogens is 3. The third kappa shape index (κ3) is 6.21. The average molecular weight is 858 g/mol. The van der Waals surface area contributed by atoms with Crippen molar-refractivity contribution in [2.24, 2.45) is 0 Å². The number of hydrogen-bond donors (Lipinski definition) is 0. The average Bonchev–Trinajstić information content (AvgIpc) is 3.66. The van der Waals surface area contributed by atoms with Crippen LogP contribution < -0.4 is 0 Å². The summed E-state index contributed by atoms with van der Waals surface area (Å²) >= 11 is 0. The van der Waals surface area contributed by atoms with Gasteiger partial charge in [-0.2, -0.15) is 0 Å². The topological polar surface area (TPSA) is 30.7 Å². The second-order valence-corrected chi connectivity index (χ2v) is 13.7. The van der Waals surface area contributed by atoms with E-state index in [9.17, 15) is 0 Å². The molecule has 0 saturated carbocycles. The van der Waals surface area contributed by atoms with Crippen molar-refractivity contribution in [3.05, 3.63) is 199 Å². The summed E-state index contributed by atoms with van der Waals surface area (Å²) < 4.78 is 2.42. The van der Waals surface area contributed by atoms with Crippen LogP contribution in [0.4, 0.5) is 0 Å². The molecular weight excluding hydrogens is 823 g/mol. The maximum absolute atomic E-state index is 4.54. The van der Waals surface area contributed by atoms with Crippen molar-refractivity contribution in [2.75, 3.05) is 0 Å². The quantitative estimate of drug-likeness (QED) is 0.165. The van der Waals surface area contributed by atoms with E-state index in [1.54, 1.807) is 6.20 Å². The van der Waals surface area contributed by atoms with Gasteiger partial charge in [-0.3, -0.25) is 0 Å². The van der Waals surface area contributed by atoms with Crippen LogP contribution in [0.2, 0.25) is 0 Å². The van der Waals surface area contributed by atoms with Gasteiger partial charge in [-0.25, -0.2) is 0 Å². The Labute approximate surface area is 324 Å². The van der Waals surface area contributed by atoms with Gasteiger partial charge >= 0.3 is 0 Å². The Hall–Kier alpha value is -5.93. The zero-order valence-electron chi connectivity index (χ0n) is 29.4. The van der Waals surface area contributed by atoms with Crippen LogP contribution in [0.1, 0.15) is 25.0 Å². The Balaban J connectivity index is 0.000000262. The van der Waals surface area contributed by atoms with Crippen LogP contribution in [-0.4, -0.2) is 14.5 Å². The Bertz CT molecular complexity index is 2650. The molecule has 9 aromatic rings. The van der Waals surface area contributed by atoms with Gasteiger partial charge in [0, 0.05) is 54.4 Å². The zero-order chi connectivity index (χ0) is 35.1. The molecule has 0 N–H and O–H groups in total. The van der Waals surface area contributed by atoms with Crippen LogP contribution in [-0.2, 0) is 25.5 Å². The predicted octanol–water partition coefficient (Wildman–Crippen LogP) is 12.2. The smallest absolute Gasteiger partial charge is 0.0544 e. The van der Waals surface area contributed by atoms with Crippen LogP contribution >= 0.6 is 0 Å². The summed E-state index contributed by atoms with van der Waals surface area (Å²) in [4.78, 5) is 8.76. The van der Waals surface area contributed by atoms with Crippen LogP contribution in [0.3, 0.4) is 0 Å². The van der Waals surface area contributed by atoms with Crippen molar-refractivity contribution >= 4 is 21.8 Å². The molecule has 0 unspecified atom stereocenters. The monoisotopic (exact) mass is 858 g/mol. The van der Waals surface area contributed by atoms with E-state index in [1.807, 2.05) is 72.9 Å². The molecular formula is C49H35IrN3-2. The van der Waals surface area contributed by atoms with Crippen molar-refractivity contribution in [2.45, 2.75) is 19.3 Å². The fourth-order valence-corrected chi connectivity index (χ4v) is 7.64. The van der Waals surface area contributed by atoms with Gasteiger partial charge in [-0.05, 0) is 87.7 Å². The first-order valence-electron chi connectivity index (χ1n) is 17.7. The fraction of sp³-hybridized carbons (Fsp3) is 0.0612. The summed E-state index contributed by atoms with van der Waals surface area (Å²) in [6, 6.07) is 63.9. The zero-order valence-corrected chi connectivity index (χ0v) is 31.8. The summed E-state index contributed by atoms with van der Waals surface area (Å²) in [6.45, 7) is 4.70. The molecule has 1 aliphatic carbocycles. The number of pyridine rings is 2. The molecule has 0 atom stereocenters. The van der Waals surface area contributed by atoms with Crippen LogP contribution in [0.25, 0.3) is 72.3 Å². The summed E-state index contributed by atoms with van der Waals surface area (Å²) in [6.07, 6.45) is 3.62. The van der Waals surface area contributed by atoms with Gasteiger partial charge in [0.15, 0.2) is 0 Å². The minimum Gasteiger partial charge on any atom is -0.309 e.